The Kier molecular flexibility index (Phi) is 4.39. The summed E-state index contributed by atoms with van der Waals surface area (Å²) in [5.41, 5.74) is 2.20. The largest absolute Gasteiger partial charge is 0.506 e. The lowest BCUT2D eigenvalue weighted by molar-refractivity contribution is 0.102. The molecule has 0 aliphatic heterocycles. The van der Waals surface area contributed by atoms with E-state index in [4.69, 9.17) is 0 Å². The smallest absolute Gasteiger partial charge is 0.261 e. The third-order valence-electron chi connectivity index (χ3n) is 3.42. The fourth-order valence-electron chi connectivity index (χ4n) is 2.26. The molecule has 1 aromatic carbocycles. The number of hydrogen-bond acceptors (Lipinski definition) is 4. The van der Waals surface area contributed by atoms with Gasteiger partial charge in [-0.3, -0.25) is 4.79 Å². The molecule has 1 amide bonds. The summed E-state index contributed by atoms with van der Waals surface area (Å²) in [4.78, 5) is 17.3. The van der Waals surface area contributed by atoms with E-state index in [1.54, 1.807) is 11.4 Å². The molecule has 0 unspecified atom stereocenters. The molecule has 0 radical (unpaired) electrons. The minimum atomic E-state index is -0.351. The second kappa shape index (κ2) is 6.62. The van der Waals surface area contributed by atoms with Crippen LogP contribution in [0.25, 0.3) is 0 Å². The SMILES string of the molecule is Cc1cccc(NC(=O)c2csc(Cc3ccccc3)c2O)n1. The number of amides is 1. The maximum Gasteiger partial charge on any atom is 0.261 e. The maximum absolute atomic E-state index is 12.3. The van der Waals surface area contributed by atoms with Crippen LogP contribution in [0.15, 0.2) is 53.9 Å². The zero-order valence-corrected chi connectivity index (χ0v) is 13.4. The molecule has 116 valence electrons. The Morgan fingerprint density at radius 1 is 1.17 bits per heavy atom. The Morgan fingerprint density at radius 2 is 1.96 bits per heavy atom. The van der Waals surface area contributed by atoms with Crippen LogP contribution in [0.2, 0.25) is 0 Å². The molecule has 5 heteroatoms. The van der Waals surface area contributed by atoms with Gasteiger partial charge in [0.25, 0.3) is 5.91 Å². The summed E-state index contributed by atoms with van der Waals surface area (Å²) in [5.74, 6) is 0.172. The van der Waals surface area contributed by atoms with Crippen LogP contribution < -0.4 is 5.32 Å². The summed E-state index contributed by atoms with van der Waals surface area (Å²) >= 11 is 1.38. The van der Waals surface area contributed by atoms with Gasteiger partial charge in [0.2, 0.25) is 0 Å². The molecule has 3 rings (SSSR count). The van der Waals surface area contributed by atoms with Crippen molar-refractivity contribution in [3.8, 4) is 5.75 Å². The number of nitrogens with zero attached hydrogens (tertiary/aromatic N) is 1. The number of pyridine rings is 1. The number of aromatic hydroxyl groups is 1. The Labute approximate surface area is 138 Å². The summed E-state index contributed by atoms with van der Waals surface area (Å²) in [5, 5.41) is 14.7. The summed E-state index contributed by atoms with van der Waals surface area (Å²) in [6.45, 7) is 1.86. The third kappa shape index (κ3) is 3.57. The lowest BCUT2D eigenvalue weighted by atomic mass is 10.1. The molecule has 2 N–H and O–H groups in total. The van der Waals surface area contributed by atoms with Crippen molar-refractivity contribution in [3.63, 3.8) is 0 Å². The van der Waals surface area contributed by atoms with Crippen LogP contribution in [0, 0.1) is 6.92 Å². The molecule has 0 aliphatic rings. The highest BCUT2D eigenvalue weighted by atomic mass is 32.1. The average Bonchev–Trinajstić information content (AvgIpc) is 2.89. The Bertz CT molecular complexity index is 828. The van der Waals surface area contributed by atoms with Gasteiger partial charge in [0.05, 0.1) is 10.4 Å². The van der Waals surface area contributed by atoms with Gasteiger partial charge in [-0.1, -0.05) is 36.4 Å². The first-order valence-electron chi connectivity index (χ1n) is 7.22. The fraction of sp³-hybridized carbons (Fsp3) is 0.111. The fourth-order valence-corrected chi connectivity index (χ4v) is 3.21. The van der Waals surface area contributed by atoms with Crippen LogP contribution >= 0.6 is 11.3 Å². The van der Waals surface area contributed by atoms with Gasteiger partial charge in [0.15, 0.2) is 0 Å². The molecular formula is C18H16N2O2S. The molecule has 4 nitrogen and oxygen atoms in total. The highest BCUT2D eigenvalue weighted by Crippen LogP contribution is 2.31. The molecule has 2 aromatic heterocycles. The monoisotopic (exact) mass is 324 g/mol. The normalized spacial score (nSPS) is 10.5. The van der Waals surface area contributed by atoms with Crippen LogP contribution in [0.5, 0.6) is 5.75 Å². The van der Waals surface area contributed by atoms with Crippen molar-refractivity contribution >= 4 is 23.1 Å². The summed E-state index contributed by atoms with van der Waals surface area (Å²) < 4.78 is 0. The van der Waals surface area contributed by atoms with Crippen molar-refractivity contribution in [1.82, 2.24) is 4.98 Å². The van der Waals surface area contributed by atoms with E-state index in [1.165, 1.54) is 11.3 Å². The van der Waals surface area contributed by atoms with Gasteiger partial charge >= 0.3 is 0 Å². The zero-order chi connectivity index (χ0) is 16.2. The molecule has 0 bridgehead atoms. The predicted molar refractivity (Wildman–Crippen MR) is 92.2 cm³/mol. The first-order chi connectivity index (χ1) is 11.1. The quantitative estimate of drug-likeness (QED) is 0.762. The lowest BCUT2D eigenvalue weighted by Gasteiger charge is -2.05. The molecule has 0 saturated carbocycles. The van der Waals surface area contributed by atoms with Crippen molar-refractivity contribution in [2.45, 2.75) is 13.3 Å². The number of carbonyl (C=O) groups is 1. The van der Waals surface area contributed by atoms with E-state index in [0.717, 1.165) is 16.1 Å². The van der Waals surface area contributed by atoms with Crippen LogP contribution in [0.1, 0.15) is 26.5 Å². The number of nitrogens with one attached hydrogen (secondary N) is 1. The first kappa shape index (κ1) is 15.2. The minimum Gasteiger partial charge on any atom is -0.506 e. The van der Waals surface area contributed by atoms with Gasteiger partial charge < -0.3 is 10.4 Å². The Hall–Kier alpha value is -2.66. The molecule has 0 aliphatic carbocycles. The lowest BCUT2D eigenvalue weighted by Crippen LogP contribution is -2.12. The predicted octanol–water partition coefficient (Wildman–Crippen LogP) is 4.00. The zero-order valence-electron chi connectivity index (χ0n) is 12.6. The van der Waals surface area contributed by atoms with Gasteiger partial charge in [-0.15, -0.1) is 11.3 Å². The van der Waals surface area contributed by atoms with E-state index in [0.29, 0.717) is 12.2 Å². The minimum absolute atomic E-state index is 0.0454. The summed E-state index contributed by atoms with van der Waals surface area (Å²) in [6, 6.07) is 15.3. The molecule has 0 spiro atoms. The van der Waals surface area contributed by atoms with E-state index in [-0.39, 0.29) is 17.2 Å². The topological polar surface area (TPSA) is 62.2 Å². The van der Waals surface area contributed by atoms with E-state index in [2.05, 4.69) is 10.3 Å². The molecule has 2 heterocycles. The second-order valence-corrected chi connectivity index (χ2v) is 6.17. The van der Waals surface area contributed by atoms with Crippen LogP contribution in [-0.4, -0.2) is 16.0 Å². The van der Waals surface area contributed by atoms with Gasteiger partial charge in [0, 0.05) is 17.5 Å². The average molecular weight is 324 g/mol. The van der Waals surface area contributed by atoms with Gasteiger partial charge in [-0.25, -0.2) is 4.98 Å². The van der Waals surface area contributed by atoms with Crippen LogP contribution in [0.3, 0.4) is 0 Å². The first-order valence-corrected chi connectivity index (χ1v) is 8.09. The second-order valence-electron chi connectivity index (χ2n) is 5.20. The van der Waals surface area contributed by atoms with Crippen molar-refractivity contribution in [2.75, 3.05) is 5.32 Å². The highest BCUT2D eigenvalue weighted by molar-refractivity contribution is 7.10. The number of rotatable bonds is 4. The van der Waals surface area contributed by atoms with E-state index < -0.39 is 0 Å². The number of hydrogen-bond donors (Lipinski definition) is 2. The van der Waals surface area contributed by atoms with Gasteiger partial charge in [-0.05, 0) is 24.6 Å². The summed E-state index contributed by atoms with van der Waals surface area (Å²) in [6.07, 6.45) is 0.604. The number of benzene rings is 1. The Morgan fingerprint density at radius 3 is 2.70 bits per heavy atom. The molecule has 3 aromatic rings. The van der Waals surface area contributed by atoms with Crippen LogP contribution in [0.4, 0.5) is 5.82 Å². The number of thiophene rings is 1. The molecule has 0 atom stereocenters. The number of carbonyl (C=O) groups excluding carboxylic acids is 1. The van der Waals surface area contributed by atoms with Crippen molar-refractivity contribution < 1.29 is 9.90 Å². The standard InChI is InChI=1S/C18H16N2O2S/c1-12-6-5-9-16(19-12)20-18(22)14-11-23-15(17(14)21)10-13-7-3-2-4-8-13/h2-9,11,21H,10H2,1H3,(H,19,20,22). The van der Waals surface area contributed by atoms with Crippen molar-refractivity contribution in [1.29, 1.82) is 0 Å². The number of aryl methyl sites for hydroxylation is 1. The highest BCUT2D eigenvalue weighted by Gasteiger charge is 2.17. The number of aromatic nitrogens is 1. The molecular weight excluding hydrogens is 308 g/mol. The van der Waals surface area contributed by atoms with Crippen molar-refractivity contribution in [3.05, 3.63) is 75.6 Å². The van der Waals surface area contributed by atoms with Crippen molar-refractivity contribution in [2.24, 2.45) is 0 Å². The third-order valence-corrected chi connectivity index (χ3v) is 4.40. The van der Waals surface area contributed by atoms with E-state index in [1.807, 2.05) is 49.4 Å². The van der Waals surface area contributed by atoms with Gasteiger partial charge in [-0.2, -0.15) is 0 Å². The maximum atomic E-state index is 12.3. The molecule has 23 heavy (non-hydrogen) atoms. The van der Waals surface area contributed by atoms with E-state index >= 15 is 0 Å². The van der Waals surface area contributed by atoms with Gasteiger partial charge in [0.1, 0.15) is 11.6 Å². The Balaban J connectivity index is 1.77. The molecule has 0 saturated heterocycles. The summed E-state index contributed by atoms with van der Waals surface area (Å²) in [7, 11) is 0. The molecule has 0 fully saturated rings. The van der Waals surface area contributed by atoms with Crippen LogP contribution in [-0.2, 0) is 6.42 Å². The number of anilines is 1. The van der Waals surface area contributed by atoms with E-state index in [9.17, 15) is 9.90 Å².